The molecule has 2 heterocycles. The number of thiazole rings is 1. The number of anilines is 2. The number of carbonyl (C=O) groups is 1. The van der Waals surface area contributed by atoms with Gasteiger partial charge in [-0.1, -0.05) is 12.1 Å². The van der Waals surface area contributed by atoms with E-state index in [1.807, 2.05) is 17.5 Å². The Morgan fingerprint density at radius 2 is 1.92 bits per heavy atom. The van der Waals surface area contributed by atoms with E-state index in [0.29, 0.717) is 17.1 Å². The number of benzene rings is 1. The van der Waals surface area contributed by atoms with Crippen molar-refractivity contribution in [1.82, 2.24) is 9.97 Å². The number of hydrogen-bond acceptors (Lipinski definition) is 6. The molecule has 0 saturated carbocycles. The zero-order valence-electron chi connectivity index (χ0n) is 13.8. The van der Waals surface area contributed by atoms with E-state index in [1.54, 1.807) is 36.7 Å². The fraction of sp³-hybridized carbons (Fsp3) is 0.118. The first kappa shape index (κ1) is 18.0. The van der Waals surface area contributed by atoms with Crippen LogP contribution in [0.5, 0.6) is 0 Å². The molecule has 0 aliphatic rings. The molecule has 7 nitrogen and oxygen atoms in total. The number of pyridine rings is 1. The molecule has 0 atom stereocenters. The maximum atomic E-state index is 12.3. The van der Waals surface area contributed by atoms with E-state index in [4.69, 9.17) is 0 Å². The van der Waals surface area contributed by atoms with Crippen LogP contribution in [0, 0.1) is 0 Å². The molecule has 1 aromatic carbocycles. The maximum Gasteiger partial charge on any atom is 0.230 e. The van der Waals surface area contributed by atoms with Crippen LogP contribution in [0.15, 0.2) is 54.2 Å². The molecule has 1 amide bonds. The molecule has 3 rings (SSSR count). The van der Waals surface area contributed by atoms with Crippen LogP contribution in [-0.4, -0.2) is 30.5 Å². The Bertz CT molecular complexity index is 1020. The number of amides is 1. The summed E-state index contributed by atoms with van der Waals surface area (Å²) in [5, 5.41) is 5.33. The number of para-hydroxylation sites is 2. The van der Waals surface area contributed by atoms with Crippen LogP contribution < -0.4 is 10.0 Å². The van der Waals surface area contributed by atoms with Crippen LogP contribution in [0.3, 0.4) is 0 Å². The van der Waals surface area contributed by atoms with Crippen LogP contribution >= 0.6 is 11.3 Å². The molecule has 2 N–H and O–H groups in total. The van der Waals surface area contributed by atoms with Gasteiger partial charge in [0, 0.05) is 23.3 Å². The molecule has 0 radical (unpaired) electrons. The Labute approximate surface area is 155 Å². The van der Waals surface area contributed by atoms with Crippen molar-refractivity contribution >= 4 is 38.6 Å². The molecular weight excluding hydrogens is 372 g/mol. The molecular formula is C17H16N4O3S2. The van der Waals surface area contributed by atoms with Crippen molar-refractivity contribution < 1.29 is 13.2 Å². The lowest BCUT2D eigenvalue weighted by Gasteiger charge is -2.11. The third-order valence-corrected chi connectivity index (χ3v) is 4.83. The lowest BCUT2D eigenvalue weighted by atomic mass is 10.2. The fourth-order valence-electron chi connectivity index (χ4n) is 2.25. The molecule has 0 aliphatic heterocycles. The van der Waals surface area contributed by atoms with Crippen molar-refractivity contribution in [2.75, 3.05) is 16.3 Å². The zero-order valence-corrected chi connectivity index (χ0v) is 15.5. The second-order valence-corrected chi connectivity index (χ2v) is 8.14. The predicted octanol–water partition coefficient (Wildman–Crippen LogP) is 2.76. The van der Waals surface area contributed by atoms with Gasteiger partial charge in [-0.3, -0.25) is 14.5 Å². The van der Waals surface area contributed by atoms with Gasteiger partial charge in [0.2, 0.25) is 15.9 Å². The highest BCUT2D eigenvalue weighted by atomic mass is 32.2. The number of nitrogens with one attached hydrogen (secondary N) is 2. The highest BCUT2D eigenvalue weighted by Crippen LogP contribution is 2.24. The minimum Gasteiger partial charge on any atom is -0.324 e. The molecule has 134 valence electrons. The Morgan fingerprint density at radius 1 is 1.15 bits per heavy atom. The molecule has 0 unspecified atom stereocenters. The van der Waals surface area contributed by atoms with Crippen LogP contribution in [0.2, 0.25) is 0 Å². The molecule has 9 heteroatoms. The first-order chi connectivity index (χ1) is 12.4. The maximum absolute atomic E-state index is 12.3. The molecule has 0 bridgehead atoms. The Morgan fingerprint density at radius 3 is 2.62 bits per heavy atom. The average Bonchev–Trinajstić information content (AvgIpc) is 3.04. The lowest BCUT2D eigenvalue weighted by Crippen LogP contribution is -2.17. The van der Waals surface area contributed by atoms with Crippen LogP contribution in [0.25, 0.3) is 10.6 Å². The van der Waals surface area contributed by atoms with Gasteiger partial charge in [0.05, 0.1) is 29.7 Å². The van der Waals surface area contributed by atoms with Crippen molar-refractivity contribution in [1.29, 1.82) is 0 Å². The second kappa shape index (κ2) is 7.63. The Balaban J connectivity index is 1.70. The van der Waals surface area contributed by atoms with Crippen LogP contribution in [-0.2, 0) is 21.2 Å². The van der Waals surface area contributed by atoms with Crippen molar-refractivity contribution in [3.63, 3.8) is 0 Å². The Kier molecular flexibility index (Phi) is 5.29. The standard InChI is InChI=1S/C17H16N4O3S2/c1-26(23,24)21-15-7-3-2-6-14(15)20-16(22)9-13-11-25-17(19-13)12-5-4-8-18-10-12/h2-8,10-11,21H,9H2,1H3,(H,20,22). The zero-order chi connectivity index (χ0) is 18.6. The number of hydrogen-bond donors (Lipinski definition) is 2. The third-order valence-electron chi connectivity index (χ3n) is 3.30. The molecule has 0 fully saturated rings. The predicted molar refractivity (Wildman–Crippen MR) is 103 cm³/mol. The molecule has 26 heavy (non-hydrogen) atoms. The van der Waals surface area contributed by atoms with Gasteiger partial charge in [-0.05, 0) is 24.3 Å². The smallest absolute Gasteiger partial charge is 0.230 e. The Hall–Kier alpha value is -2.78. The van der Waals surface area contributed by atoms with Crippen molar-refractivity contribution in [3.05, 3.63) is 59.9 Å². The van der Waals surface area contributed by atoms with Gasteiger partial charge in [-0.2, -0.15) is 0 Å². The largest absolute Gasteiger partial charge is 0.324 e. The van der Waals surface area contributed by atoms with E-state index in [0.717, 1.165) is 16.8 Å². The summed E-state index contributed by atoms with van der Waals surface area (Å²) < 4.78 is 25.2. The first-order valence-electron chi connectivity index (χ1n) is 7.62. The highest BCUT2D eigenvalue weighted by Gasteiger charge is 2.12. The van der Waals surface area contributed by atoms with Crippen LogP contribution in [0.4, 0.5) is 11.4 Å². The van der Waals surface area contributed by atoms with Crippen LogP contribution in [0.1, 0.15) is 5.69 Å². The monoisotopic (exact) mass is 388 g/mol. The van der Waals surface area contributed by atoms with Gasteiger partial charge in [-0.25, -0.2) is 13.4 Å². The SMILES string of the molecule is CS(=O)(=O)Nc1ccccc1NC(=O)Cc1csc(-c2cccnc2)n1. The summed E-state index contributed by atoms with van der Waals surface area (Å²) in [5.41, 5.74) is 2.25. The van der Waals surface area contributed by atoms with Gasteiger partial charge in [0.25, 0.3) is 0 Å². The number of carbonyl (C=O) groups excluding carboxylic acids is 1. The first-order valence-corrected chi connectivity index (χ1v) is 10.4. The topological polar surface area (TPSA) is 101 Å². The van der Waals surface area contributed by atoms with Gasteiger partial charge < -0.3 is 5.32 Å². The third kappa shape index (κ3) is 4.87. The van der Waals surface area contributed by atoms with E-state index < -0.39 is 10.0 Å². The second-order valence-electron chi connectivity index (χ2n) is 5.53. The van der Waals surface area contributed by atoms with Crippen molar-refractivity contribution in [3.8, 4) is 10.6 Å². The van der Waals surface area contributed by atoms with Gasteiger partial charge in [0.15, 0.2) is 0 Å². The van der Waals surface area contributed by atoms with E-state index in [2.05, 4.69) is 20.0 Å². The highest BCUT2D eigenvalue weighted by molar-refractivity contribution is 7.92. The minimum atomic E-state index is -3.44. The average molecular weight is 388 g/mol. The number of rotatable bonds is 6. The lowest BCUT2D eigenvalue weighted by molar-refractivity contribution is -0.115. The minimum absolute atomic E-state index is 0.0873. The summed E-state index contributed by atoms with van der Waals surface area (Å²) in [4.78, 5) is 20.8. The molecule has 0 saturated heterocycles. The molecule has 3 aromatic rings. The number of aromatic nitrogens is 2. The summed E-state index contributed by atoms with van der Waals surface area (Å²) in [5.74, 6) is -0.282. The fourth-order valence-corrected chi connectivity index (χ4v) is 3.64. The van der Waals surface area contributed by atoms with Crippen molar-refractivity contribution in [2.24, 2.45) is 0 Å². The number of nitrogens with zero attached hydrogens (tertiary/aromatic N) is 2. The summed E-state index contributed by atoms with van der Waals surface area (Å²) in [6.07, 6.45) is 4.55. The molecule has 2 aromatic heterocycles. The van der Waals surface area contributed by atoms with Gasteiger partial charge >= 0.3 is 0 Å². The number of sulfonamides is 1. The van der Waals surface area contributed by atoms with Gasteiger partial charge in [-0.15, -0.1) is 11.3 Å². The van der Waals surface area contributed by atoms with E-state index in [-0.39, 0.29) is 12.3 Å². The normalized spacial score (nSPS) is 11.1. The molecule has 0 aliphatic carbocycles. The summed E-state index contributed by atoms with van der Waals surface area (Å²) in [7, 11) is -3.44. The van der Waals surface area contributed by atoms with E-state index in [1.165, 1.54) is 11.3 Å². The van der Waals surface area contributed by atoms with E-state index >= 15 is 0 Å². The van der Waals surface area contributed by atoms with E-state index in [9.17, 15) is 13.2 Å². The van der Waals surface area contributed by atoms with Gasteiger partial charge in [0.1, 0.15) is 5.01 Å². The molecule has 0 spiro atoms. The van der Waals surface area contributed by atoms with Crippen molar-refractivity contribution in [2.45, 2.75) is 6.42 Å². The quantitative estimate of drug-likeness (QED) is 0.676. The summed E-state index contributed by atoms with van der Waals surface area (Å²) in [6, 6.07) is 10.3. The summed E-state index contributed by atoms with van der Waals surface area (Å²) >= 11 is 1.44. The summed E-state index contributed by atoms with van der Waals surface area (Å²) in [6.45, 7) is 0.